The fourth-order valence-electron chi connectivity index (χ4n) is 2.39. The molecule has 0 aliphatic carbocycles. The first kappa shape index (κ1) is 13.4. The number of nitrogens with one attached hydrogen (secondary N) is 1. The van der Waals surface area contributed by atoms with Crippen LogP contribution in [0.25, 0.3) is 10.1 Å². The molecular formula is C13H14N2O3S2. The van der Waals surface area contributed by atoms with Gasteiger partial charge in [-0.1, -0.05) is 18.2 Å². The van der Waals surface area contributed by atoms with Gasteiger partial charge in [0, 0.05) is 16.1 Å². The maximum absolute atomic E-state index is 12.2. The Balaban J connectivity index is 1.84. The number of nitrogen functional groups attached to an aromatic ring is 1. The topological polar surface area (TPSA) is 89.3 Å². The van der Waals surface area contributed by atoms with Crippen molar-refractivity contribution in [1.29, 1.82) is 0 Å². The summed E-state index contributed by atoms with van der Waals surface area (Å²) in [6.45, 7) is 0. The molecule has 2 heterocycles. The average molecular weight is 310 g/mol. The van der Waals surface area contributed by atoms with E-state index in [0.29, 0.717) is 17.0 Å². The molecule has 0 saturated carbocycles. The number of benzene rings is 1. The number of hydrogen-bond donors (Lipinski definition) is 2. The molecule has 1 unspecified atom stereocenters. The molecule has 3 rings (SSSR count). The number of carbonyl (C=O) groups is 1. The van der Waals surface area contributed by atoms with Crippen molar-refractivity contribution in [2.45, 2.75) is 12.5 Å². The minimum absolute atomic E-state index is 0.0174. The third kappa shape index (κ3) is 2.38. The minimum Gasteiger partial charge on any atom is -0.397 e. The predicted octanol–water partition coefficient (Wildman–Crippen LogP) is 1.40. The zero-order valence-corrected chi connectivity index (χ0v) is 12.3. The number of fused-ring (bicyclic) bond motifs is 1. The summed E-state index contributed by atoms with van der Waals surface area (Å²) in [5.41, 5.74) is 6.46. The van der Waals surface area contributed by atoms with Crippen LogP contribution in [0.5, 0.6) is 0 Å². The molecule has 106 valence electrons. The van der Waals surface area contributed by atoms with Gasteiger partial charge in [-0.05, 0) is 12.5 Å². The third-order valence-electron chi connectivity index (χ3n) is 3.41. The quantitative estimate of drug-likeness (QED) is 0.877. The molecule has 1 fully saturated rings. The summed E-state index contributed by atoms with van der Waals surface area (Å²) in [5.74, 6) is -0.130. The van der Waals surface area contributed by atoms with E-state index in [-0.39, 0.29) is 23.5 Å². The predicted molar refractivity (Wildman–Crippen MR) is 80.8 cm³/mol. The van der Waals surface area contributed by atoms with E-state index in [0.717, 1.165) is 10.1 Å². The van der Waals surface area contributed by atoms with E-state index in [1.165, 1.54) is 11.3 Å². The fraction of sp³-hybridized carbons (Fsp3) is 0.308. The van der Waals surface area contributed by atoms with Gasteiger partial charge in [0.05, 0.1) is 17.2 Å². The molecule has 5 nitrogen and oxygen atoms in total. The van der Waals surface area contributed by atoms with Crippen LogP contribution in [0.2, 0.25) is 0 Å². The first-order valence-electron chi connectivity index (χ1n) is 6.24. The third-order valence-corrected chi connectivity index (χ3v) is 6.36. The average Bonchev–Trinajstić information content (AvgIpc) is 2.91. The number of nitrogens with two attached hydrogens (primary N) is 1. The van der Waals surface area contributed by atoms with E-state index in [4.69, 9.17) is 5.73 Å². The Morgan fingerprint density at radius 2 is 2.10 bits per heavy atom. The molecule has 1 saturated heterocycles. The van der Waals surface area contributed by atoms with Crippen LogP contribution in [0.3, 0.4) is 0 Å². The maximum atomic E-state index is 12.2. The summed E-state index contributed by atoms with van der Waals surface area (Å²) in [6.07, 6.45) is 0.471. The molecule has 3 N–H and O–H groups in total. The van der Waals surface area contributed by atoms with Gasteiger partial charge in [0.2, 0.25) is 0 Å². The van der Waals surface area contributed by atoms with Crippen molar-refractivity contribution in [3.05, 3.63) is 29.1 Å². The normalized spacial score (nSPS) is 21.1. The number of amides is 1. The van der Waals surface area contributed by atoms with Crippen molar-refractivity contribution in [3.8, 4) is 0 Å². The summed E-state index contributed by atoms with van der Waals surface area (Å²) in [6, 6.07) is 7.24. The van der Waals surface area contributed by atoms with Crippen molar-refractivity contribution >= 4 is 42.9 Å². The van der Waals surface area contributed by atoms with Gasteiger partial charge in [-0.3, -0.25) is 4.79 Å². The fourth-order valence-corrected chi connectivity index (χ4v) is 5.09. The van der Waals surface area contributed by atoms with Gasteiger partial charge in [-0.2, -0.15) is 0 Å². The number of rotatable bonds is 2. The highest BCUT2D eigenvalue weighted by Gasteiger charge is 2.30. The van der Waals surface area contributed by atoms with Crippen molar-refractivity contribution in [3.63, 3.8) is 0 Å². The van der Waals surface area contributed by atoms with Crippen molar-refractivity contribution in [2.24, 2.45) is 0 Å². The van der Waals surface area contributed by atoms with Crippen molar-refractivity contribution < 1.29 is 13.2 Å². The zero-order valence-electron chi connectivity index (χ0n) is 10.6. The van der Waals surface area contributed by atoms with Crippen LogP contribution in [-0.4, -0.2) is 31.9 Å². The Labute approximate surface area is 120 Å². The zero-order chi connectivity index (χ0) is 14.3. The van der Waals surface area contributed by atoms with E-state index >= 15 is 0 Å². The van der Waals surface area contributed by atoms with Crippen LogP contribution in [0.1, 0.15) is 16.1 Å². The molecule has 1 aromatic heterocycles. The molecule has 20 heavy (non-hydrogen) atoms. The summed E-state index contributed by atoms with van der Waals surface area (Å²) in [5, 5.41) is 3.63. The molecule has 0 radical (unpaired) electrons. The smallest absolute Gasteiger partial charge is 0.263 e. The Bertz CT molecular complexity index is 780. The monoisotopic (exact) mass is 310 g/mol. The summed E-state index contributed by atoms with van der Waals surface area (Å²) in [4.78, 5) is 12.7. The Morgan fingerprint density at radius 1 is 1.35 bits per heavy atom. The molecule has 7 heteroatoms. The lowest BCUT2D eigenvalue weighted by atomic mass is 10.2. The molecule has 1 amide bonds. The molecule has 0 bridgehead atoms. The minimum atomic E-state index is -3.00. The Kier molecular flexibility index (Phi) is 3.18. The van der Waals surface area contributed by atoms with Gasteiger partial charge in [-0.15, -0.1) is 11.3 Å². The second-order valence-corrected chi connectivity index (χ2v) is 8.20. The molecule has 1 aliphatic rings. The standard InChI is InChI=1S/C13H14N2O3S2/c14-11-9-3-1-2-4-10(9)19-12(11)13(16)15-8-5-6-20(17,18)7-8/h1-4,8H,5-7,14H2,(H,15,16). The van der Waals surface area contributed by atoms with Crippen molar-refractivity contribution in [2.75, 3.05) is 17.2 Å². The summed E-state index contributed by atoms with van der Waals surface area (Å²) < 4.78 is 23.7. The van der Waals surface area contributed by atoms with Crippen LogP contribution >= 0.6 is 11.3 Å². The first-order valence-corrected chi connectivity index (χ1v) is 8.88. The SMILES string of the molecule is Nc1c(C(=O)NC2CCS(=O)(=O)C2)sc2ccccc12. The number of hydrogen-bond acceptors (Lipinski definition) is 5. The number of thiophene rings is 1. The van der Waals surface area contributed by atoms with Crippen LogP contribution in [-0.2, 0) is 9.84 Å². The molecule has 1 atom stereocenters. The molecule has 0 spiro atoms. The van der Waals surface area contributed by atoms with Gasteiger partial charge < -0.3 is 11.1 Å². The van der Waals surface area contributed by atoms with Crippen LogP contribution in [0.4, 0.5) is 5.69 Å². The highest BCUT2D eigenvalue weighted by Crippen LogP contribution is 2.33. The van der Waals surface area contributed by atoms with Crippen LogP contribution in [0, 0.1) is 0 Å². The second kappa shape index (κ2) is 4.75. The number of carbonyl (C=O) groups excluding carboxylic acids is 1. The van der Waals surface area contributed by atoms with Gasteiger partial charge >= 0.3 is 0 Å². The van der Waals surface area contributed by atoms with Gasteiger partial charge in [0.25, 0.3) is 5.91 Å². The maximum Gasteiger partial charge on any atom is 0.263 e. The number of anilines is 1. The lowest BCUT2D eigenvalue weighted by molar-refractivity contribution is 0.0946. The summed E-state index contributed by atoms with van der Waals surface area (Å²) in [7, 11) is -3.00. The van der Waals surface area contributed by atoms with E-state index in [1.807, 2.05) is 24.3 Å². The van der Waals surface area contributed by atoms with E-state index in [1.54, 1.807) is 0 Å². The van der Waals surface area contributed by atoms with E-state index in [2.05, 4.69) is 5.32 Å². The lowest BCUT2D eigenvalue weighted by Gasteiger charge is -2.09. The van der Waals surface area contributed by atoms with Crippen LogP contribution < -0.4 is 11.1 Å². The molecular weight excluding hydrogens is 296 g/mol. The van der Waals surface area contributed by atoms with Crippen molar-refractivity contribution in [1.82, 2.24) is 5.32 Å². The second-order valence-electron chi connectivity index (χ2n) is 4.91. The first-order chi connectivity index (χ1) is 9.46. The Hall–Kier alpha value is -1.60. The van der Waals surface area contributed by atoms with E-state index in [9.17, 15) is 13.2 Å². The highest BCUT2D eigenvalue weighted by atomic mass is 32.2. The van der Waals surface area contributed by atoms with Gasteiger partial charge in [0.15, 0.2) is 9.84 Å². The molecule has 2 aromatic rings. The highest BCUT2D eigenvalue weighted by molar-refractivity contribution is 7.91. The van der Waals surface area contributed by atoms with E-state index < -0.39 is 9.84 Å². The summed E-state index contributed by atoms with van der Waals surface area (Å²) >= 11 is 1.33. The van der Waals surface area contributed by atoms with Gasteiger partial charge in [-0.25, -0.2) is 8.42 Å². The van der Waals surface area contributed by atoms with Crippen LogP contribution in [0.15, 0.2) is 24.3 Å². The Morgan fingerprint density at radius 3 is 2.75 bits per heavy atom. The largest absolute Gasteiger partial charge is 0.397 e. The van der Waals surface area contributed by atoms with Gasteiger partial charge in [0.1, 0.15) is 4.88 Å². The lowest BCUT2D eigenvalue weighted by Crippen LogP contribution is -2.35. The number of sulfone groups is 1. The molecule has 1 aromatic carbocycles. The molecule has 1 aliphatic heterocycles.